The second-order valence-electron chi connectivity index (χ2n) is 4.16. The normalized spacial score (nSPS) is 10.7. The molecule has 18 heavy (non-hydrogen) atoms. The van der Waals surface area contributed by atoms with Crippen molar-refractivity contribution < 1.29 is 13.6 Å². The van der Waals surface area contributed by atoms with Crippen LogP contribution in [0.25, 0.3) is 0 Å². The Bertz CT molecular complexity index is 585. The number of benzene rings is 1. The van der Waals surface area contributed by atoms with Gasteiger partial charge in [-0.1, -0.05) is 0 Å². The average molecular weight is 250 g/mol. The van der Waals surface area contributed by atoms with Crippen molar-refractivity contribution >= 4 is 5.78 Å². The van der Waals surface area contributed by atoms with Crippen LogP contribution in [-0.4, -0.2) is 15.6 Å². The summed E-state index contributed by atoms with van der Waals surface area (Å²) in [6, 6.07) is 4.59. The molecule has 0 aliphatic rings. The van der Waals surface area contributed by atoms with Gasteiger partial charge in [0.05, 0.1) is 12.1 Å². The first-order valence-electron chi connectivity index (χ1n) is 5.44. The van der Waals surface area contributed by atoms with Gasteiger partial charge in [-0.05, 0) is 25.1 Å². The van der Waals surface area contributed by atoms with Gasteiger partial charge in [-0.25, -0.2) is 8.78 Å². The van der Waals surface area contributed by atoms with Crippen molar-refractivity contribution in [1.29, 1.82) is 0 Å². The van der Waals surface area contributed by atoms with Gasteiger partial charge in [0, 0.05) is 24.4 Å². The van der Waals surface area contributed by atoms with Gasteiger partial charge < -0.3 is 0 Å². The van der Waals surface area contributed by atoms with Gasteiger partial charge >= 0.3 is 0 Å². The molecule has 3 nitrogen and oxygen atoms in total. The van der Waals surface area contributed by atoms with Crippen molar-refractivity contribution in [3.8, 4) is 0 Å². The molecule has 0 saturated carbocycles. The number of ketones is 1. The van der Waals surface area contributed by atoms with Crippen LogP contribution in [0.1, 0.15) is 21.7 Å². The summed E-state index contributed by atoms with van der Waals surface area (Å²) in [5, 5.41) is 4.11. The second kappa shape index (κ2) is 4.68. The Labute approximate surface area is 103 Å². The molecular formula is C13H12F2N2O. The van der Waals surface area contributed by atoms with Crippen molar-refractivity contribution in [1.82, 2.24) is 9.78 Å². The maximum absolute atomic E-state index is 13.0. The molecule has 0 fully saturated rings. The third kappa shape index (κ3) is 2.61. The molecule has 0 atom stereocenters. The lowest BCUT2D eigenvalue weighted by Gasteiger charge is -2.02. The van der Waals surface area contributed by atoms with Crippen LogP contribution in [-0.2, 0) is 13.5 Å². The number of hydrogen-bond donors (Lipinski definition) is 0. The topological polar surface area (TPSA) is 34.9 Å². The molecule has 2 rings (SSSR count). The number of aromatic nitrogens is 2. The standard InChI is InChI=1S/C13H12F2N2O/c1-8-3-12(17(2)16-8)7-13(18)9-4-10(14)6-11(15)5-9/h3-6H,7H2,1-2H3. The third-order valence-corrected chi connectivity index (χ3v) is 2.63. The van der Waals surface area contributed by atoms with Crippen LogP contribution in [0, 0.1) is 18.6 Å². The predicted octanol–water partition coefficient (Wildman–Crippen LogP) is 2.43. The Morgan fingerprint density at radius 1 is 1.22 bits per heavy atom. The zero-order chi connectivity index (χ0) is 13.3. The number of halogens is 2. The zero-order valence-electron chi connectivity index (χ0n) is 10.1. The Hall–Kier alpha value is -2.04. The lowest BCUT2D eigenvalue weighted by Crippen LogP contribution is -2.08. The van der Waals surface area contributed by atoms with E-state index >= 15 is 0 Å². The minimum absolute atomic E-state index is 0.0337. The molecule has 0 spiro atoms. The Morgan fingerprint density at radius 3 is 2.33 bits per heavy atom. The van der Waals surface area contributed by atoms with E-state index in [-0.39, 0.29) is 17.8 Å². The summed E-state index contributed by atoms with van der Waals surface area (Å²) >= 11 is 0. The van der Waals surface area contributed by atoms with Gasteiger partial charge in [0.15, 0.2) is 5.78 Å². The minimum Gasteiger partial charge on any atom is -0.294 e. The fourth-order valence-corrected chi connectivity index (χ4v) is 1.81. The summed E-state index contributed by atoms with van der Waals surface area (Å²) in [6.45, 7) is 1.82. The fraction of sp³-hybridized carbons (Fsp3) is 0.231. The third-order valence-electron chi connectivity index (χ3n) is 2.63. The Balaban J connectivity index is 2.24. The molecule has 1 aromatic heterocycles. The first-order valence-corrected chi connectivity index (χ1v) is 5.44. The van der Waals surface area contributed by atoms with Gasteiger partial charge in [-0.3, -0.25) is 9.48 Å². The molecule has 0 unspecified atom stereocenters. The predicted molar refractivity (Wildman–Crippen MR) is 62.3 cm³/mol. The van der Waals surface area contributed by atoms with Crippen LogP contribution in [0.3, 0.4) is 0 Å². The van der Waals surface area contributed by atoms with Crippen molar-refractivity contribution in [2.24, 2.45) is 7.05 Å². The molecule has 1 heterocycles. The van der Waals surface area contributed by atoms with E-state index in [2.05, 4.69) is 5.10 Å². The van der Waals surface area contributed by atoms with Gasteiger partial charge in [0.2, 0.25) is 0 Å². The first-order chi connectivity index (χ1) is 8.45. The molecular weight excluding hydrogens is 238 g/mol. The Kier molecular flexibility index (Phi) is 3.23. The molecule has 0 saturated heterocycles. The molecule has 0 aliphatic heterocycles. The lowest BCUT2D eigenvalue weighted by atomic mass is 10.1. The van der Waals surface area contributed by atoms with Crippen molar-refractivity contribution in [3.63, 3.8) is 0 Å². The van der Waals surface area contributed by atoms with E-state index in [0.717, 1.165) is 23.9 Å². The van der Waals surface area contributed by atoms with Crippen molar-refractivity contribution in [2.45, 2.75) is 13.3 Å². The number of Topliss-reactive ketones (excluding diaryl/α,β-unsaturated/α-hetero) is 1. The average Bonchev–Trinajstić information content (AvgIpc) is 2.56. The van der Waals surface area contributed by atoms with E-state index in [0.29, 0.717) is 5.69 Å². The van der Waals surface area contributed by atoms with Crippen LogP contribution >= 0.6 is 0 Å². The molecule has 94 valence electrons. The molecule has 0 N–H and O–H groups in total. The van der Waals surface area contributed by atoms with Gasteiger partial charge in [0.25, 0.3) is 0 Å². The van der Waals surface area contributed by atoms with Crippen LogP contribution in [0.5, 0.6) is 0 Å². The maximum Gasteiger partial charge on any atom is 0.169 e. The minimum atomic E-state index is -0.750. The largest absolute Gasteiger partial charge is 0.294 e. The summed E-state index contributed by atoms with van der Waals surface area (Å²) in [6.07, 6.45) is 0.0697. The van der Waals surface area contributed by atoms with Crippen molar-refractivity contribution in [2.75, 3.05) is 0 Å². The van der Waals surface area contributed by atoms with Crippen LogP contribution in [0.15, 0.2) is 24.3 Å². The SMILES string of the molecule is Cc1cc(CC(=O)c2cc(F)cc(F)c2)n(C)n1. The highest BCUT2D eigenvalue weighted by atomic mass is 19.1. The summed E-state index contributed by atoms with van der Waals surface area (Å²) in [4.78, 5) is 11.9. The van der Waals surface area contributed by atoms with Crippen LogP contribution in [0.2, 0.25) is 0 Å². The van der Waals surface area contributed by atoms with E-state index in [1.54, 1.807) is 17.8 Å². The fourth-order valence-electron chi connectivity index (χ4n) is 1.81. The molecule has 0 radical (unpaired) electrons. The molecule has 0 amide bonds. The lowest BCUT2D eigenvalue weighted by molar-refractivity contribution is 0.0990. The molecule has 5 heteroatoms. The summed E-state index contributed by atoms with van der Waals surface area (Å²) in [5.74, 6) is -1.84. The zero-order valence-corrected chi connectivity index (χ0v) is 10.1. The highest BCUT2D eigenvalue weighted by molar-refractivity contribution is 5.97. The number of rotatable bonds is 3. The maximum atomic E-state index is 13.0. The first kappa shape index (κ1) is 12.4. The number of aryl methyl sites for hydroxylation is 2. The highest BCUT2D eigenvalue weighted by Crippen LogP contribution is 2.12. The monoisotopic (exact) mass is 250 g/mol. The molecule has 2 aromatic rings. The summed E-state index contributed by atoms with van der Waals surface area (Å²) < 4.78 is 27.6. The van der Waals surface area contributed by atoms with E-state index in [4.69, 9.17) is 0 Å². The molecule has 0 aliphatic carbocycles. The number of nitrogens with zero attached hydrogens (tertiary/aromatic N) is 2. The van der Waals surface area contributed by atoms with E-state index in [1.807, 2.05) is 6.92 Å². The van der Waals surface area contributed by atoms with Crippen LogP contribution in [0.4, 0.5) is 8.78 Å². The highest BCUT2D eigenvalue weighted by Gasteiger charge is 2.12. The van der Waals surface area contributed by atoms with E-state index in [1.165, 1.54) is 0 Å². The number of hydrogen-bond acceptors (Lipinski definition) is 2. The summed E-state index contributed by atoms with van der Waals surface area (Å²) in [5.41, 5.74) is 1.54. The van der Waals surface area contributed by atoms with Gasteiger partial charge in [-0.2, -0.15) is 5.10 Å². The Morgan fingerprint density at radius 2 is 1.83 bits per heavy atom. The quantitative estimate of drug-likeness (QED) is 0.784. The number of carbonyl (C=O) groups is 1. The van der Waals surface area contributed by atoms with E-state index < -0.39 is 11.6 Å². The second-order valence-corrected chi connectivity index (χ2v) is 4.16. The van der Waals surface area contributed by atoms with Crippen LogP contribution < -0.4 is 0 Å². The van der Waals surface area contributed by atoms with Crippen molar-refractivity contribution in [3.05, 3.63) is 52.9 Å². The summed E-state index contributed by atoms with van der Waals surface area (Å²) in [7, 11) is 1.72. The van der Waals surface area contributed by atoms with Gasteiger partial charge in [-0.15, -0.1) is 0 Å². The smallest absolute Gasteiger partial charge is 0.169 e. The molecule has 1 aromatic carbocycles. The van der Waals surface area contributed by atoms with Gasteiger partial charge in [0.1, 0.15) is 11.6 Å². The molecule has 0 bridgehead atoms. The van der Waals surface area contributed by atoms with E-state index in [9.17, 15) is 13.6 Å². The number of carbonyl (C=O) groups excluding carboxylic acids is 1.